The van der Waals surface area contributed by atoms with E-state index in [-0.39, 0.29) is 17.6 Å². The molecular weight excluding hydrogens is 313 g/mol. The van der Waals surface area contributed by atoms with Crippen molar-refractivity contribution in [2.45, 2.75) is 19.9 Å². The summed E-state index contributed by atoms with van der Waals surface area (Å²) in [4.78, 5) is 11.2. The molecule has 1 heterocycles. The van der Waals surface area contributed by atoms with Gasteiger partial charge in [0.2, 0.25) is 0 Å². The molecule has 1 N–H and O–H groups in total. The van der Waals surface area contributed by atoms with Crippen LogP contribution in [0.4, 0.5) is 4.39 Å². The third-order valence-electron chi connectivity index (χ3n) is 3.13. The molecule has 19 heavy (non-hydrogen) atoms. The fourth-order valence-corrected chi connectivity index (χ4v) is 2.40. The first-order valence-electron chi connectivity index (χ1n) is 5.77. The van der Waals surface area contributed by atoms with Crippen LogP contribution in [-0.4, -0.2) is 15.6 Å². The van der Waals surface area contributed by atoms with Gasteiger partial charge < -0.3 is 9.67 Å². The van der Waals surface area contributed by atoms with Crippen LogP contribution in [0.15, 0.2) is 34.9 Å². The van der Waals surface area contributed by atoms with Crippen LogP contribution in [0, 0.1) is 12.7 Å². The Labute approximate surface area is 118 Å². The van der Waals surface area contributed by atoms with Gasteiger partial charge in [0.1, 0.15) is 11.5 Å². The quantitative estimate of drug-likeness (QED) is 0.926. The molecule has 0 bridgehead atoms. The van der Waals surface area contributed by atoms with Gasteiger partial charge in [-0.3, -0.25) is 0 Å². The lowest BCUT2D eigenvalue weighted by atomic mass is 10.1. The Kier molecular flexibility index (Phi) is 3.75. The molecule has 2 aromatic rings. The molecule has 2 rings (SSSR count). The number of carboxylic acid groups (broad SMARTS) is 1. The summed E-state index contributed by atoms with van der Waals surface area (Å²) >= 11 is 3.26. The van der Waals surface area contributed by atoms with E-state index in [4.69, 9.17) is 5.11 Å². The lowest BCUT2D eigenvalue weighted by Gasteiger charge is -2.16. The molecule has 0 aliphatic heterocycles. The second-order valence-corrected chi connectivity index (χ2v) is 5.36. The standard InChI is InChI=1S/C14H13BrFNO2/c1-8-3-4-10(5-12(8)16)9(2)17-7-11(15)6-13(17)14(18)19/h3-7,9H,1-2H3,(H,18,19). The van der Waals surface area contributed by atoms with Gasteiger partial charge in [0.15, 0.2) is 0 Å². The van der Waals surface area contributed by atoms with Gasteiger partial charge in [-0.05, 0) is 53.0 Å². The number of carboxylic acids is 1. The van der Waals surface area contributed by atoms with Crippen molar-refractivity contribution in [3.63, 3.8) is 0 Å². The lowest BCUT2D eigenvalue weighted by Crippen LogP contribution is -2.13. The number of aromatic carboxylic acids is 1. The Morgan fingerprint density at radius 2 is 2.11 bits per heavy atom. The van der Waals surface area contributed by atoms with E-state index >= 15 is 0 Å². The summed E-state index contributed by atoms with van der Waals surface area (Å²) in [6.07, 6.45) is 1.69. The van der Waals surface area contributed by atoms with Gasteiger partial charge in [0.25, 0.3) is 0 Å². The SMILES string of the molecule is Cc1ccc(C(C)n2cc(Br)cc2C(=O)O)cc1F. The smallest absolute Gasteiger partial charge is 0.352 e. The number of halogens is 2. The van der Waals surface area contributed by atoms with E-state index in [0.717, 1.165) is 5.56 Å². The number of hydrogen-bond donors (Lipinski definition) is 1. The molecule has 0 aliphatic rings. The van der Waals surface area contributed by atoms with Crippen LogP contribution < -0.4 is 0 Å². The molecule has 0 saturated heterocycles. The average Bonchev–Trinajstić information content (AvgIpc) is 2.74. The van der Waals surface area contributed by atoms with Crippen LogP contribution in [0.25, 0.3) is 0 Å². The van der Waals surface area contributed by atoms with Crippen LogP contribution >= 0.6 is 15.9 Å². The van der Waals surface area contributed by atoms with Gasteiger partial charge in [0, 0.05) is 10.7 Å². The van der Waals surface area contributed by atoms with Crippen molar-refractivity contribution in [1.29, 1.82) is 0 Å². The van der Waals surface area contributed by atoms with Gasteiger partial charge in [-0.2, -0.15) is 0 Å². The third kappa shape index (κ3) is 2.71. The van der Waals surface area contributed by atoms with Gasteiger partial charge in [-0.25, -0.2) is 9.18 Å². The van der Waals surface area contributed by atoms with Gasteiger partial charge >= 0.3 is 5.97 Å². The zero-order valence-corrected chi connectivity index (χ0v) is 12.1. The molecule has 100 valence electrons. The Bertz CT molecular complexity index is 636. The molecule has 0 fully saturated rings. The predicted octanol–water partition coefficient (Wildman–Crippen LogP) is 4.01. The topological polar surface area (TPSA) is 42.2 Å². The number of rotatable bonds is 3. The third-order valence-corrected chi connectivity index (χ3v) is 3.56. The number of nitrogens with zero attached hydrogens (tertiary/aromatic N) is 1. The number of aromatic nitrogens is 1. The van der Waals surface area contributed by atoms with Crippen LogP contribution in [0.5, 0.6) is 0 Å². The summed E-state index contributed by atoms with van der Waals surface area (Å²) in [6.45, 7) is 3.53. The molecule has 3 nitrogen and oxygen atoms in total. The molecule has 0 radical (unpaired) electrons. The maximum absolute atomic E-state index is 13.6. The zero-order chi connectivity index (χ0) is 14.2. The van der Waals surface area contributed by atoms with Crippen LogP contribution in [0.2, 0.25) is 0 Å². The van der Waals surface area contributed by atoms with E-state index in [1.807, 2.05) is 13.0 Å². The van der Waals surface area contributed by atoms with Gasteiger partial charge in [0.05, 0.1) is 6.04 Å². The summed E-state index contributed by atoms with van der Waals surface area (Å²) in [5.41, 5.74) is 1.47. The molecule has 0 aliphatic carbocycles. The maximum Gasteiger partial charge on any atom is 0.352 e. The predicted molar refractivity (Wildman–Crippen MR) is 74.0 cm³/mol. The zero-order valence-electron chi connectivity index (χ0n) is 10.5. The largest absolute Gasteiger partial charge is 0.477 e. The van der Waals surface area contributed by atoms with E-state index in [0.29, 0.717) is 10.0 Å². The Morgan fingerprint density at radius 1 is 1.42 bits per heavy atom. The Balaban J connectivity index is 2.46. The molecule has 5 heteroatoms. The molecule has 1 aromatic heterocycles. The van der Waals surface area contributed by atoms with Crippen molar-refractivity contribution in [2.24, 2.45) is 0 Å². The lowest BCUT2D eigenvalue weighted by molar-refractivity contribution is 0.0684. The number of aryl methyl sites for hydroxylation is 1. The Hall–Kier alpha value is -1.62. The fourth-order valence-electron chi connectivity index (χ4n) is 1.97. The van der Waals surface area contributed by atoms with Crippen molar-refractivity contribution >= 4 is 21.9 Å². The minimum atomic E-state index is -1.01. The molecule has 1 atom stereocenters. The van der Waals surface area contributed by atoms with E-state index in [9.17, 15) is 9.18 Å². The highest BCUT2D eigenvalue weighted by atomic mass is 79.9. The normalized spacial score (nSPS) is 12.4. The second-order valence-electron chi connectivity index (χ2n) is 4.44. The minimum Gasteiger partial charge on any atom is -0.477 e. The first-order valence-corrected chi connectivity index (χ1v) is 6.56. The summed E-state index contributed by atoms with van der Waals surface area (Å²) < 4.78 is 15.9. The summed E-state index contributed by atoms with van der Waals surface area (Å²) in [6, 6.07) is 6.22. The number of benzene rings is 1. The van der Waals surface area contributed by atoms with E-state index in [1.54, 1.807) is 23.8 Å². The summed E-state index contributed by atoms with van der Waals surface area (Å²) in [5.74, 6) is -1.29. The second kappa shape index (κ2) is 5.17. The molecule has 0 amide bonds. The van der Waals surface area contributed by atoms with Gasteiger partial charge in [-0.15, -0.1) is 0 Å². The highest BCUT2D eigenvalue weighted by Crippen LogP contribution is 2.25. The highest BCUT2D eigenvalue weighted by molar-refractivity contribution is 9.10. The van der Waals surface area contributed by atoms with Crippen LogP contribution in [0.1, 0.15) is 34.6 Å². The summed E-state index contributed by atoms with van der Waals surface area (Å²) in [7, 11) is 0. The van der Waals surface area contributed by atoms with Gasteiger partial charge in [-0.1, -0.05) is 12.1 Å². The molecule has 1 aromatic carbocycles. The van der Waals surface area contributed by atoms with Crippen molar-refractivity contribution < 1.29 is 14.3 Å². The maximum atomic E-state index is 13.6. The molecule has 0 spiro atoms. The highest BCUT2D eigenvalue weighted by Gasteiger charge is 2.17. The number of carbonyl (C=O) groups is 1. The van der Waals surface area contributed by atoms with E-state index in [2.05, 4.69) is 15.9 Å². The minimum absolute atomic E-state index is 0.167. The molecule has 1 unspecified atom stereocenters. The van der Waals surface area contributed by atoms with Crippen LogP contribution in [0.3, 0.4) is 0 Å². The first-order chi connectivity index (χ1) is 8.90. The van der Waals surface area contributed by atoms with Crippen molar-refractivity contribution in [3.8, 4) is 0 Å². The van der Waals surface area contributed by atoms with Crippen molar-refractivity contribution in [1.82, 2.24) is 4.57 Å². The van der Waals surface area contributed by atoms with Crippen molar-refractivity contribution in [3.05, 3.63) is 57.6 Å². The first kappa shape index (κ1) is 13.8. The summed E-state index contributed by atoms with van der Waals surface area (Å²) in [5, 5.41) is 9.16. The van der Waals surface area contributed by atoms with E-state index in [1.165, 1.54) is 12.1 Å². The van der Waals surface area contributed by atoms with E-state index < -0.39 is 5.97 Å². The molecular formula is C14H13BrFNO2. The fraction of sp³-hybridized carbons (Fsp3) is 0.214. The number of hydrogen-bond acceptors (Lipinski definition) is 1. The Morgan fingerprint density at radius 3 is 2.68 bits per heavy atom. The monoisotopic (exact) mass is 325 g/mol. The van der Waals surface area contributed by atoms with Crippen LogP contribution in [-0.2, 0) is 0 Å². The van der Waals surface area contributed by atoms with Crippen molar-refractivity contribution in [2.75, 3.05) is 0 Å². The average molecular weight is 326 g/mol. The molecule has 0 saturated carbocycles.